The molecular formula is C13H22F5O2P. The molecule has 1 rings (SSSR count). The molecule has 0 aromatic rings. The molecule has 0 aromatic heterocycles. The van der Waals surface area contributed by atoms with Gasteiger partial charge in [-0.1, -0.05) is 51.4 Å². The van der Waals surface area contributed by atoms with Crippen LogP contribution in [-0.2, 0) is 4.57 Å². The van der Waals surface area contributed by atoms with E-state index >= 15 is 0 Å². The van der Waals surface area contributed by atoms with E-state index in [0.717, 1.165) is 25.2 Å². The molecule has 0 bridgehead atoms. The highest BCUT2D eigenvalue weighted by molar-refractivity contribution is 7.59. The van der Waals surface area contributed by atoms with E-state index < -0.39 is 25.4 Å². The average molecular weight is 336 g/mol. The first-order valence-corrected chi connectivity index (χ1v) is 9.19. The Kier molecular flexibility index (Phi) is 6.66. The lowest BCUT2D eigenvalue weighted by atomic mass is 10.1. The number of alkyl halides is 5. The molecule has 1 saturated carbocycles. The number of halogens is 5. The molecular weight excluding hydrogens is 314 g/mol. The van der Waals surface area contributed by atoms with E-state index in [1.54, 1.807) is 0 Å². The van der Waals surface area contributed by atoms with Crippen molar-refractivity contribution in [3.63, 3.8) is 0 Å². The SMILES string of the molecule is O=P(O)(CCCCCCCCC1CC1)C(F)(F)C(F)(F)F. The van der Waals surface area contributed by atoms with Crippen LogP contribution in [0.5, 0.6) is 0 Å². The Labute approximate surface area is 121 Å². The third-order valence-corrected chi connectivity index (χ3v) is 5.85. The van der Waals surface area contributed by atoms with Gasteiger partial charge < -0.3 is 4.89 Å². The number of hydrogen-bond donors (Lipinski definition) is 1. The van der Waals surface area contributed by atoms with Crippen molar-refractivity contribution in [2.75, 3.05) is 6.16 Å². The van der Waals surface area contributed by atoms with Crippen LogP contribution in [-0.4, -0.2) is 22.9 Å². The zero-order valence-corrected chi connectivity index (χ0v) is 12.7. The fraction of sp³-hybridized carbons (Fsp3) is 1.00. The van der Waals surface area contributed by atoms with Crippen LogP contribution in [0.2, 0.25) is 0 Å². The lowest BCUT2D eigenvalue weighted by molar-refractivity contribution is -0.245. The third kappa shape index (κ3) is 5.85. The quantitative estimate of drug-likeness (QED) is 0.322. The maximum atomic E-state index is 12.8. The molecule has 0 aliphatic heterocycles. The lowest BCUT2D eigenvalue weighted by Crippen LogP contribution is -2.36. The second-order valence-corrected chi connectivity index (χ2v) is 8.23. The van der Waals surface area contributed by atoms with Crippen molar-refractivity contribution in [2.24, 2.45) is 5.92 Å². The van der Waals surface area contributed by atoms with Crippen LogP contribution in [0.15, 0.2) is 0 Å². The van der Waals surface area contributed by atoms with Crippen molar-refractivity contribution in [1.82, 2.24) is 0 Å². The maximum absolute atomic E-state index is 12.8. The minimum Gasteiger partial charge on any atom is -0.340 e. The Hall–Kier alpha value is -0.160. The first-order valence-electron chi connectivity index (χ1n) is 7.34. The van der Waals surface area contributed by atoms with Gasteiger partial charge in [0.2, 0.25) is 0 Å². The van der Waals surface area contributed by atoms with Gasteiger partial charge >= 0.3 is 11.8 Å². The third-order valence-electron chi connectivity index (χ3n) is 3.80. The molecule has 8 heteroatoms. The lowest BCUT2D eigenvalue weighted by Gasteiger charge is -2.24. The van der Waals surface area contributed by atoms with Gasteiger partial charge in [0.05, 0.1) is 0 Å². The highest BCUT2D eigenvalue weighted by atomic mass is 31.2. The standard InChI is InChI=1S/C13H22F5O2P/c14-12(15,16)13(17,18)21(19,20)10-6-4-2-1-3-5-7-11-8-9-11/h11H,1-10H2,(H,19,20). The van der Waals surface area contributed by atoms with E-state index in [-0.39, 0.29) is 6.42 Å². The maximum Gasteiger partial charge on any atom is 0.463 e. The largest absolute Gasteiger partial charge is 0.463 e. The second-order valence-electron chi connectivity index (χ2n) is 5.82. The van der Waals surface area contributed by atoms with Gasteiger partial charge in [-0.3, -0.25) is 4.57 Å². The van der Waals surface area contributed by atoms with Gasteiger partial charge in [-0.2, -0.15) is 22.0 Å². The number of hydrogen-bond acceptors (Lipinski definition) is 1. The fourth-order valence-electron chi connectivity index (χ4n) is 2.21. The van der Waals surface area contributed by atoms with Gasteiger partial charge in [-0.25, -0.2) is 0 Å². The first kappa shape index (κ1) is 18.9. The second kappa shape index (κ2) is 7.40. The molecule has 0 amide bonds. The van der Waals surface area contributed by atoms with Gasteiger partial charge in [0, 0.05) is 6.16 Å². The Morgan fingerprint density at radius 3 is 1.86 bits per heavy atom. The van der Waals surface area contributed by atoms with Gasteiger partial charge in [-0.15, -0.1) is 0 Å². The minimum absolute atomic E-state index is 0.0813. The van der Waals surface area contributed by atoms with Crippen LogP contribution >= 0.6 is 7.37 Å². The highest BCUT2D eigenvalue weighted by Crippen LogP contribution is 2.63. The normalized spacial score (nSPS) is 19.5. The summed E-state index contributed by atoms with van der Waals surface area (Å²) >= 11 is 0. The zero-order chi connectivity index (χ0) is 16.1. The van der Waals surface area contributed by atoms with Crippen LogP contribution in [0.4, 0.5) is 22.0 Å². The average Bonchev–Trinajstić information content (AvgIpc) is 3.14. The van der Waals surface area contributed by atoms with E-state index in [1.165, 1.54) is 19.3 Å². The fourth-order valence-corrected chi connectivity index (χ4v) is 3.54. The number of rotatable bonds is 10. The molecule has 126 valence electrons. The van der Waals surface area contributed by atoms with Crippen LogP contribution < -0.4 is 0 Å². The predicted molar refractivity (Wildman–Crippen MR) is 70.7 cm³/mol. The monoisotopic (exact) mass is 336 g/mol. The van der Waals surface area contributed by atoms with Crippen molar-refractivity contribution >= 4 is 7.37 Å². The summed E-state index contributed by atoms with van der Waals surface area (Å²) in [6, 6.07) is 0. The molecule has 0 radical (unpaired) electrons. The summed E-state index contributed by atoms with van der Waals surface area (Å²) in [6.45, 7) is 0. The van der Waals surface area contributed by atoms with E-state index in [2.05, 4.69) is 0 Å². The summed E-state index contributed by atoms with van der Waals surface area (Å²) in [5, 5.41) is 0. The highest BCUT2D eigenvalue weighted by Gasteiger charge is 2.68. The van der Waals surface area contributed by atoms with Crippen LogP contribution in [0.25, 0.3) is 0 Å². The summed E-state index contributed by atoms with van der Waals surface area (Å²) in [4.78, 5) is 8.97. The molecule has 21 heavy (non-hydrogen) atoms. The molecule has 1 atom stereocenters. The summed E-state index contributed by atoms with van der Waals surface area (Å²) in [6.07, 6.45) is 0.912. The summed E-state index contributed by atoms with van der Waals surface area (Å²) < 4.78 is 72.9. The summed E-state index contributed by atoms with van der Waals surface area (Å²) in [5.74, 6) is 0.870. The zero-order valence-electron chi connectivity index (χ0n) is 11.8. The van der Waals surface area contributed by atoms with Crippen LogP contribution in [0.1, 0.15) is 57.8 Å². The van der Waals surface area contributed by atoms with E-state index in [0.29, 0.717) is 12.8 Å². The van der Waals surface area contributed by atoms with E-state index in [1.807, 2.05) is 0 Å². The van der Waals surface area contributed by atoms with Crippen molar-refractivity contribution in [1.29, 1.82) is 0 Å². The van der Waals surface area contributed by atoms with E-state index in [9.17, 15) is 26.5 Å². The molecule has 0 aromatic carbocycles. The molecule has 0 saturated heterocycles. The predicted octanol–water partition coefficient (Wildman–Crippen LogP) is 5.55. The van der Waals surface area contributed by atoms with Crippen molar-refractivity contribution in [3.8, 4) is 0 Å². The molecule has 1 unspecified atom stereocenters. The first-order chi connectivity index (χ1) is 9.58. The molecule has 0 heterocycles. The molecule has 1 fully saturated rings. The summed E-state index contributed by atoms with van der Waals surface area (Å²) in [5.41, 5.74) is -5.51. The van der Waals surface area contributed by atoms with Gasteiger partial charge in [0.25, 0.3) is 7.37 Å². The summed E-state index contributed by atoms with van der Waals surface area (Å²) in [7, 11) is -5.54. The van der Waals surface area contributed by atoms with Crippen LogP contribution in [0.3, 0.4) is 0 Å². The Balaban J connectivity index is 2.13. The molecule has 1 aliphatic carbocycles. The molecule has 0 spiro atoms. The minimum atomic E-state index is -5.97. The Morgan fingerprint density at radius 1 is 0.905 bits per heavy atom. The Bertz CT molecular complexity index is 366. The van der Waals surface area contributed by atoms with Gasteiger partial charge in [0.15, 0.2) is 0 Å². The molecule has 1 aliphatic rings. The van der Waals surface area contributed by atoms with Crippen molar-refractivity contribution < 1.29 is 31.4 Å². The topological polar surface area (TPSA) is 37.3 Å². The molecule has 2 nitrogen and oxygen atoms in total. The van der Waals surface area contributed by atoms with Crippen LogP contribution in [0, 0.1) is 5.92 Å². The molecule has 1 N–H and O–H groups in total. The van der Waals surface area contributed by atoms with Gasteiger partial charge in [0.1, 0.15) is 0 Å². The van der Waals surface area contributed by atoms with Gasteiger partial charge in [-0.05, 0) is 12.3 Å². The number of unbranched alkanes of at least 4 members (excludes halogenated alkanes) is 5. The van der Waals surface area contributed by atoms with E-state index in [4.69, 9.17) is 4.89 Å². The van der Waals surface area contributed by atoms with Crippen molar-refractivity contribution in [3.05, 3.63) is 0 Å². The van der Waals surface area contributed by atoms with Crippen molar-refractivity contribution in [2.45, 2.75) is 69.6 Å². The Morgan fingerprint density at radius 2 is 1.38 bits per heavy atom. The smallest absolute Gasteiger partial charge is 0.340 e.